The van der Waals surface area contributed by atoms with Gasteiger partial charge in [0, 0.05) is 17.2 Å². The summed E-state index contributed by atoms with van der Waals surface area (Å²) in [7, 11) is 0. The van der Waals surface area contributed by atoms with Gasteiger partial charge in [0.2, 0.25) is 0 Å². The minimum Gasteiger partial charge on any atom is -0.349 e. The highest BCUT2D eigenvalue weighted by Crippen LogP contribution is 2.17. The Hall–Kier alpha value is -1.30. The fourth-order valence-corrected chi connectivity index (χ4v) is 2.38. The van der Waals surface area contributed by atoms with Crippen molar-refractivity contribution in [2.45, 2.75) is 46.1 Å². The largest absolute Gasteiger partial charge is 0.349 e. The van der Waals surface area contributed by atoms with Gasteiger partial charge < -0.3 is 10.3 Å². The van der Waals surface area contributed by atoms with Gasteiger partial charge in [0.1, 0.15) is 11.4 Å². The number of aromatic nitrogens is 2. The highest BCUT2D eigenvalue weighted by Gasteiger charge is 2.22. The smallest absolute Gasteiger partial charge is 0.264 e. The Morgan fingerprint density at radius 2 is 2.05 bits per heavy atom. The van der Waals surface area contributed by atoms with Crippen LogP contribution < -0.4 is 10.9 Å². The van der Waals surface area contributed by atoms with Gasteiger partial charge in [-0.25, -0.2) is 4.98 Å². The molecule has 2 N–H and O–H groups in total. The van der Waals surface area contributed by atoms with Gasteiger partial charge in [0.15, 0.2) is 0 Å². The van der Waals surface area contributed by atoms with E-state index in [2.05, 4.69) is 15.3 Å². The molecule has 0 bridgehead atoms. The summed E-state index contributed by atoms with van der Waals surface area (Å²) in [5.41, 5.74) is -0.0693. The summed E-state index contributed by atoms with van der Waals surface area (Å²) in [5.74, 6) is 1.03. The summed E-state index contributed by atoms with van der Waals surface area (Å²) in [4.78, 5) is 31.3. The molecule has 20 heavy (non-hydrogen) atoms. The molecular weight excluding hydrogens is 274 g/mol. The number of H-pyrrole nitrogens is 1. The van der Waals surface area contributed by atoms with Crippen molar-refractivity contribution in [3.8, 4) is 0 Å². The molecule has 0 aliphatic carbocycles. The molecule has 6 heteroatoms. The normalized spacial score (nSPS) is 13.1. The average Bonchev–Trinajstić information content (AvgIpc) is 2.26. The number of aryl methyl sites for hydroxylation is 1. The molecule has 0 aliphatic heterocycles. The van der Waals surface area contributed by atoms with Crippen LogP contribution in [0.2, 0.25) is 0 Å². The zero-order valence-corrected chi connectivity index (χ0v) is 13.8. The Morgan fingerprint density at radius 3 is 2.50 bits per heavy atom. The Morgan fingerprint density at radius 1 is 1.45 bits per heavy atom. The molecule has 0 saturated carbocycles. The van der Waals surface area contributed by atoms with Crippen LogP contribution in [0.15, 0.2) is 4.79 Å². The third-order valence-corrected chi connectivity index (χ3v) is 3.67. The van der Waals surface area contributed by atoms with Crippen LogP contribution in [0, 0.1) is 6.92 Å². The van der Waals surface area contributed by atoms with Crippen molar-refractivity contribution in [2.75, 3.05) is 12.0 Å². The maximum Gasteiger partial charge on any atom is 0.264 e. The molecule has 1 aromatic heterocycles. The van der Waals surface area contributed by atoms with E-state index in [9.17, 15) is 9.59 Å². The fraction of sp³-hybridized carbons (Fsp3) is 0.643. The Kier molecular flexibility index (Phi) is 5.39. The molecule has 1 rings (SSSR count). The van der Waals surface area contributed by atoms with Gasteiger partial charge in [-0.15, -0.1) is 0 Å². The molecule has 1 amide bonds. The van der Waals surface area contributed by atoms with Crippen molar-refractivity contribution in [2.24, 2.45) is 0 Å². The average molecular weight is 297 g/mol. The van der Waals surface area contributed by atoms with E-state index in [-0.39, 0.29) is 28.5 Å². The van der Waals surface area contributed by atoms with Crippen molar-refractivity contribution in [3.63, 3.8) is 0 Å². The second-order valence-electron chi connectivity index (χ2n) is 5.95. The summed E-state index contributed by atoms with van der Waals surface area (Å²) in [6.45, 7) is 9.49. The molecular formula is C14H23N3O2S. The zero-order valence-electron chi connectivity index (χ0n) is 13.0. The number of carbonyl (C=O) groups is 1. The molecule has 1 unspecified atom stereocenters. The number of aromatic amines is 1. The maximum atomic E-state index is 12.2. The van der Waals surface area contributed by atoms with E-state index in [1.165, 1.54) is 0 Å². The first-order chi connectivity index (χ1) is 9.16. The number of carbonyl (C=O) groups excluding carboxylic acids is 1. The first-order valence-electron chi connectivity index (χ1n) is 6.58. The van der Waals surface area contributed by atoms with E-state index in [0.29, 0.717) is 11.5 Å². The van der Waals surface area contributed by atoms with Crippen LogP contribution >= 0.6 is 11.8 Å². The topological polar surface area (TPSA) is 74.8 Å². The number of hydrogen-bond acceptors (Lipinski definition) is 4. The van der Waals surface area contributed by atoms with Gasteiger partial charge in [0.05, 0.1) is 5.69 Å². The summed E-state index contributed by atoms with van der Waals surface area (Å²) >= 11 is 1.64. The molecule has 0 radical (unpaired) electrons. The first-order valence-corrected chi connectivity index (χ1v) is 7.97. The van der Waals surface area contributed by atoms with E-state index in [1.807, 2.05) is 34.0 Å². The summed E-state index contributed by atoms with van der Waals surface area (Å²) in [6, 6.07) is 0.0126. The van der Waals surface area contributed by atoms with Crippen molar-refractivity contribution >= 4 is 17.7 Å². The highest BCUT2D eigenvalue weighted by atomic mass is 32.2. The number of hydrogen-bond donors (Lipinski definition) is 2. The number of rotatable bonds is 4. The Labute approximate surface area is 124 Å². The zero-order chi connectivity index (χ0) is 15.5. The fourth-order valence-electron chi connectivity index (χ4n) is 1.80. The molecule has 0 aliphatic rings. The van der Waals surface area contributed by atoms with Crippen molar-refractivity contribution < 1.29 is 4.79 Å². The van der Waals surface area contributed by atoms with Gasteiger partial charge >= 0.3 is 0 Å². The minimum atomic E-state index is -0.378. The molecule has 0 fully saturated rings. The van der Waals surface area contributed by atoms with Crippen molar-refractivity contribution in [1.82, 2.24) is 15.3 Å². The molecule has 0 spiro atoms. The quantitative estimate of drug-likeness (QED) is 0.889. The molecule has 0 aromatic carbocycles. The van der Waals surface area contributed by atoms with E-state index in [1.54, 1.807) is 18.7 Å². The predicted molar refractivity (Wildman–Crippen MR) is 83.6 cm³/mol. The van der Waals surface area contributed by atoms with Gasteiger partial charge in [-0.3, -0.25) is 9.59 Å². The second-order valence-corrected chi connectivity index (χ2v) is 6.87. The molecule has 1 heterocycles. The lowest BCUT2D eigenvalue weighted by Crippen LogP contribution is -2.39. The van der Waals surface area contributed by atoms with E-state index >= 15 is 0 Å². The molecule has 1 aromatic rings. The van der Waals surface area contributed by atoms with Crippen LogP contribution in [0.4, 0.5) is 0 Å². The van der Waals surface area contributed by atoms with Crippen LogP contribution in [0.5, 0.6) is 0 Å². The number of nitrogens with one attached hydrogen (secondary N) is 2. The van der Waals surface area contributed by atoms with Gasteiger partial charge in [0.25, 0.3) is 11.5 Å². The van der Waals surface area contributed by atoms with E-state index in [0.717, 1.165) is 5.75 Å². The molecule has 5 nitrogen and oxygen atoms in total. The summed E-state index contributed by atoms with van der Waals surface area (Å²) < 4.78 is 0. The van der Waals surface area contributed by atoms with Crippen molar-refractivity contribution in [3.05, 3.63) is 27.4 Å². The van der Waals surface area contributed by atoms with Crippen LogP contribution in [0.1, 0.15) is 49.6 Å². The van der Waals surface area contributed by atoms with Crippen molar-refractivity contribution in [1.29, 1.82) is 0 Å². The summed E-state index contributed by atoms with van der Waals surface area (Å²) in [6.07, 6.45) is 1.97. The maximum absolute atomic E-state index is 12.2. The monoisotopic (exact) mass is 297 g/mol. The Balaban J connectivity index is 3.09. The number of nitrogens with zero attached hydrogens (tertiary/aromatic N) is 1. The minimum absolute atomic E-state index is 0.0126. The lowest BCUT2D eigenvalue weighted by atomic mass is 9.95. The first kappa shape index (κ1) is 16.8. The number of amides is 1. The van der Waals surface area contributed by atoms with Crippen LogP contribution in [-0.2, 0) is 5.41 Å². The third-order valence-electron chi connectivity index (χ3n) is 2.83. The SMILES string of the molecule is CSCC(C)NC(=O)c1c(C)nc(C(C)(C)C)[nH]c1=O. The van der Waals surface area contributed by atoms with E-state index < -0.39 is 0 Å². The number of thioether (sulfide) groups is 1. The van der Waals surface area contributed by atoms with Crippen LogP contribution in [0.25, 0.3) is 0 Å². The predicted octanol–water partition coefficient (Wildman–Crippen LogP) is 1.86. The molecule has 0 saturated heterocycles. The van der Waals surface area contributed by atoms with Crippen LogP contribution in [0.3, 0.4) is 0 Å². The third kappa shape index (κ3) is 4.10. The second kappa shape index (κ2) is 6.43. The van der Waals surface area contributed by atoms with Gasteiger partial charge in [-0.2, -0.15) is 11.8 Å². The van der Waals surface area contributed by atoms with Crippen LogP contribution in [-0.4, -0.2) is 33.9 Å². The van der Waals surface area contributed by atoms with Gasteiger partial charge in [-0.1, -0.05) is 20.8 Å². The highest BCUT2D eigenvalue weighted by molar-refractivity contribution is 7.98. The lowest BCUT2D eigenvalue weighted by Gasteiger charge is -2.19. The van der Waals surface area contributed by atoms with E-state index in [4.69, 9.17) is 0 Å². The molecule has 112 valence electrons. The lowest BCUT2D eigenvalue weighted by molar-refractivity contribution is 0.0941. The molecule has 1 atom stereocenters. The summed E-state index contributed by atoms with van der Waals surface area (Å²) in [5, 5.41) is 2.82. The standard InChI is InChI=1S/C14H23N3O2S/c1-8(7-20-6)15-11(18)10-9(2)16-13(14(3,4)5)17-12(10)19/h8H,7H2,1-6H3,(H,15,18)(H,16,17,19). The van der Waals surface area contributed by atoms with Gasteiger partial charge in [-0.05, 0) is 20.1 Å². The Bertz CT molecular complexity index is 546.